The van der Waals surface area contributed by atoms with Gasteiger partial charge in [0, 0.05) is 12.0 Å². The van der Waals surface area contributed by atoms with Crippen molar-refractivity contribution in [2.75, 3.05) is 0 Å². The lowest BCUT2D eigenvalue weighted by Crippen LogP contribution is -2.12. The molecule has 0 saturated heterocycles. The van der Waals surface area contributed by atoms with Crippen LogP contribution in [-0.2, 0) is 0 Å². The highest BCUT2D eigenvalue weighted by molar-refractivity contribution is 5.03. The van der Waals surface area contributed by atoms with Crippen LogP contribution in [0.3, 0.4) is 0 Å². The summed E-state index contributed by atoms with van der Waals surface area (Å²) in [4.78, 5) is 0. The molecule has 12 heavy (non-hydrogen) atoms. The Morgan fingerprint density at radius 1 is 1.17 bits per heavy atom. The lowest BCUT2D eigenvalue weighted by molar-refractivity contribution is 0.286. The van der Waals surface area contributed by atoms with Gasteiger partial charge in [0.15, 0.2) is 0 Å². The second-order valence-corrected chi connectivity index (χ2v) is 3.93. The van der Waals surface area contributed by atoms with Gasteiger partial charge in [-0.05, 0) is 11.8 Å². The number of hydrogen-bond acceptors (Lipinski definition) is 2. The molecule has 0 unspecified atom stereocenters. The van der Waals surface area contributed by atoms with E-state index in [9.17, 15) is 0 Å². The van der Waals surface area contributed by atoms with E-state index >= 15 is 0 Å². The molecule has 1 aromatic rings. The van der Waals surface area contributed by atoms with Crippen molar-refractivity contribution < 1.29 is 4.52 Å². The number of rotatable bonds is 3. The summed E-state index contributed by atoms with van der Waals surface area (Å²) in [6.07, 6.45) is 1.72. The quantitative estimate of drug-likeness (QED) is 0.691. The molecule has 0 amide bonds. The molecule has 0 aliphatic carbocycles. The van der Waals surface area contributed by atoms with Crippen molar-refractivity contribution in [3.63, 3.8) is 0 Å². The summed E-state index contributed by atoms with van der Waals surface area (Å²) < 4.78 is 5.17. The minimum atomic E-state index is 0.493. The lowest BCUT2D eigenvalue weighted by Gasteiger charge is -2.21. The van der Waals surface area contributed by atoms with Gasteiger partial charge in [-0.2, -0.15) is 0 Å². The number of nitrogens with zero attached hydrogens (tertiary/aromatic N) is 1. The summed E-state index contributed by atoms with van der Waals surface area (Å²) in [5.41, 5.74) is 0. The Bertz CT molecular complexity index is 206. The summed E-state index contributed by atoms with van der Waals surface area (Å²) in [5.74, 6) is 2.73. The van der Waals surface area contributed by atoms with Crippen molar-refractivity contribution in [1.29, 1.82) is 0 Å². The van der Waals surface area contributed by atoms with Crippen molar-refractivity contribution in [3.05, 3.63) is 18.0 Å². The van der Waals surface area contributed by atoms with Crippen molar-refractivity contribution in [1.82, 2.24) is 5.16 Å². The second kappa shape index (κ2) is 3.74. The van der Waals surface area contributed by atoms with Crippen LogP contribution in [0.4, 0.5) is 0 Å². The second-order valence-electron chi connectivity index (χ2n) is 3.93. The normalized spacial score (nSPS) is 11.9. The first-order chi connectivity index (χ1) is 5.63. The Balaban J connectivity index is 2.81. The molecule has 0 spiro atoms. The third-order valence-electron chi connectivity index (χ3n) is 2.22. The first-order valence-corrected chi connectivity index (χ1v) is 4.53. The molecule has 0 aliphatic rings. The monoisotopic (exact) mass is 167 g/mol. The van der Waals surface area contributed by atoms with E-state index in [1.54, 1.807) is 6.20 Å². The standard InChI is InChI=1S/C10H17NO/c1-7(2)10(8(3)4)9-5-6-11-12-9/h5-8,10H,1-4H3. The van der Waals surface area contributed by atoms with E-state index in [2.05, 4.69) is 32.9 Å². The predicted octanol–water partition coefficient (Wildman–Crippen LogP) is 3.07. The predicted molar refractivity (Wildman–Crippen MR) is 48.9 cm³/mol. The fraction of sp³-hybridized carbons (Fsp3) is 0.700. The van der Waals surface area contributed by atoms with Crippen LogP contribution in [0.25, 0.3) is 0 Å². The van der Waals surface area contributed by atoms with Gasteiger partial charge in [0.1, 0.15) is 5.76 Å². The maximum atomic E-state index is 5.17. The van der Waals surface area contributed by atoms with Crippen molar-refractivity contribution in [3.8, 4) is 0 Å². The summed E-state index contributed by atoms with van der Waals surface area (Å²) in [7, 11) is 0. The molecule has 0 N–H and O–H groups in total. The Kier molecular flexibility index (Phi) is 2.90. The van der Waals surface area contributed by atoms with E-state index in [1.807, 2.05) is 6.07 Å². The number of hydrogen-bond donors (Lipinski definition) is 0. The highest BCUT2D eigenvalue weighted by Crippen LogP contribution is 2.31. The van der Waals surface area contributed by atoms with E-state index < -0.39 is 0 Å². The molecule has 1 heterocycles. The Morgan fingerprint density at radius 3 is 2.08 bits per heavy atom. The zero-order valence-electron chi connectivity index (χ0n) is 8.24. The highest BCUT2D eigenvalue weighted by atomic mass is 16.5. The maximum Gasteiger partial charge on any atom is 0.140 e. The minimum absolute atomic E-state index is 0.493. The van der Waals surface area contributed by atoms with Crippen molar-refractivity contribution >= 4 is 0 Å². The minimum Gasteiger partial charge on any atom is -0.361 e. The summed E-state index contributed by atoms with van der Waals surface area (Å²) in [6.45, 7) is 8.86. The highest BCUT2D eigenvalue weighted by Gasteiger charge is 2.22. The molecular formula is C10H17NO. The van der Waals surface area contributed by atoms with Gasteiger partial charge in [0.25, 0.3) is 0 Å². The molecule has 2 nitrogen and oxygen atoms in total. The zero-order valence-corrected chi connectivity index (χ0v) is 8.24. The molecule has 68 valence electrons. The molecule has 0 aliphatic heterocycles. The first kappa shape index (κ1) is 9.30. The van der Waals surface area contributed by atoms with E-state index in [-0.39, 0.29) is 0 Å². The molecule has 1 rings (SSSR count). The third kappa shape index (κ3) is 1.87. The van der Waals surface area contributed by atoms with Gasteiger partial charge in [-0.1, -0.05) is 32.9 Å². The molecular weight excluding hydrogens is 150 g/mol. The van der Waals surface area contributed by atoms with Crippen LogP contribution in [-0.4, -0.2) is 5.16 Å². The molecule has 0 atom stereocenters. The average Bonchev–Trinajstić information content (AvgIpc) is 2.37. The summed E-state index contributed by atoms with van der Waals surface area (Å²) >= 11 is 0. The Labute approximate surface area is 74.0 Å². The molecule has 0 fully saturated rings. The van der Waals surface area contributed by atoms with Gasteiger partial charge in [-0.25, -0.2) is 0 Å². The maximum absolute atomic E-state index is 5.17. The molecule has 1 aromatic heterocycles. The van der Waals surface area contributed by atoms with E-state index in [1.165, 1.54) is 0 Å². The van der Waals surface area contributed by atoms with Crippen LogP contribution in [0, 0.1) is 11.8 Å². The van der Waals surface area contributed by atoms with E-state index in [4.69, 9.17) is 4.52 Å². The van der Waals surface area contributed by atoms with Crippen LogP contribution in [0.15, 0.2) is 16.8 Å². The van der Waals surface area contributed by atoms with Crippen molar-refractivity contribution in [2.45, 2.75) is 33.6 Å². The van der Waals surface area contributed by atoms with Gasteiger partial charge in [-0.15, -0.1) is 0 Å². The van der Waals surface area contributed by atoms with Gasteiger partial charge in [0.2, 0.25) is 0 Å². The fourth-order valence-corrected chi connectivity index (χ4v) is 1.82. The Morgan fingerprint density at radius 2 is 1.75 bits per heavy atom. The van der Waals surface area contributed by atoms with Gasteiger partial charge in [0.05, 0.1) is 6.20 Å². The topological polar surface area (TPSA) is 26.0 Å². The lowest BCUT2D eigenvalue weighted by atomic mass is 9.84. The van der Waals surface area contributed by atoms with Crippen LogP contribution < -0.4 is 0 Å². The summed E-state index contributed by atoms with van der Waals surface area (Å²) in [6, 6.07) is 1.96. The van der Waals surface area contributed by atoms with E-state index in [0.717, 1.165) is 5.76 Å². The molecule has 0 saturated carbocycles. The number of aromatic nitrogens is 1. The molecule has 0 aromatic carbocycles. The van der Waals surface area contributed by atoms with E-state index in [0.29, 0.717) is 17.8 Å². The fourth-order valence-electron chi connectivity index (χ4n) is 1.82. The van der Waals surface area contributed by atoms with Crippen LogP contribution in [0.1, 0.15) is 39.4 Å². The Hall–Kier alpha value is -0.790. The van der Waals surface area contributed by atoms with Crippen molar-refractivity contribution in [2.24, 2.45) is 11.8 Å². The molecule has 0 radical (unpaired) electrons. The van der Waals surface area contributed by atoms with Crippen LogP contribution in [0.5, 0.6) is 0 Å². The van der Waals surface area contributed by atoms with Crippen LogP contribution in [0.2, 0.25) is 0 Å². The first-order valence-electron chi connectivity index (χ1n) is 4.53. The van der Waals surface area contributed by atoms with Gasteiger partial charge >= 0.3 is 0 Å². The van der Waals surface area contributed by atoms with Gasteiger partial charge in [-0.3, -0.25) is 0 Å². The summed E-state index contributed by atoms with van der Waals surface area (Å²) in [5, 5.41) is 3.73. The average molecular weight is 167 g/mol. The molecule has 0 bridgehead atoms. The van der Waals surface area contributed by atoms with Gasteiger partial charge < -0.3 is 4.52 Å². The molecule has 2 heteroatoms. The SMILES string of the molecule is CC(C)C(c1ccno1)C(C)C. The zero-order chi connectivity index (χ0) is 9.14. The largest absolute Gasteiger partial charge is 0.361 e. The smallest absolute Gasteiger partial charge is 0.140 e. The third-order valence-corrected chi connectivity index (χ3v) is 2.22. The van der Waals surface area contributed by atoms with Crippen LogP contribution >= 0.6 is 0 Å².